The molecule has 0 amide bonds. The van der Waals surface area contributed by atoms with Gasteiger partial charge < -0.3 is 5.73 Å². The van der Waals surface area contributed by atoms with E-state index in [1.54, 1.807) is 18.0 Å². The molecule has 0 radical (unpaired) electrons. The van der Waals surface area contributed by atoms with Crippen molar-refractivity contribution in [2.75, 3.05) is 12.0 Å². The van der Waals surface area contributed by atoms with Crippen molar-refractivity contribution in [2.24, 2.45) is 0 Å². The first kappa shape index (κ1) is 12.2. The predicted octanol–water partition coefficient (Wildman–Crippen LogP) is 3.15. The first-order valence-electron chi connectivity index (χ1n) is 4.15. The number of hydrogen-bond donors (Lipinski definition) is 1. The molecule has 0 atom stereocenters. The number of pyridine rings is 1. The van der Waals surface area contributed by atoms with Crippen molar-refractivity contribution in [1.29, 1.82) is 0 Å². The van der Waals surface area contributed by atoms with Crippen LogP contribution in [0.15, 0.2) is 30.4 Å². The summed E-state index contributed by atoms with van der Waals surface area (Å²) < 4.78 is 2.67. The van der Waals surface area contributed by atoms with Crippen LogP contribution in [0.5, 0.6) is 0 Å². The topological polar surface area (TPSA) is 64.7 Å². The molecular formula is C8H7BrN4S3. The van der Waals surface area contributed by atoms with E-state index in [2.05, 4.69) is 31.1 Å². The van der Waals surface area contributed by atoms with Gasteiger partial charge in [-0.1, -0.05) is 23.1 Å². The van der Waals surface area contributed by atoms with Crippen molar-refractivity contribution in [3.05, 3.63) is 16.7 Å². The highest BCUT2D eigenvalue weighted by Gasteiger charge is 2.09. The second kappa shape index (κ2) is 5.35. The van der Waals surface area contributed by atoms with Crippen molar-refractivity contribution in [3.8, 4) is 0 Å². The van der Waals surface area contributed by atoms with Gasteiger partial charge in [-0.25, -0.2) is 4.98 Å². The van der Waals surface area contributed by atoms with Gasteiger partial charge in [0, 0.05) is 10.7 Å². The standard InChI is InChI=1S/C8H7BrN4S3/c1-14-7-12-13-8(16-7)15-6-5(10)2-4(9)3-11-6/h2-3H,10H2,1H3. The van der Waals surface area contributed by atoms with Crippen LogP contribution in [0.2, 0.25) is 0 Å². The maximum absolute atomic E-state index is 5.85. The molecule has 0 bridgehead atoms. The van der Waals surface area contributed by atoms with E-state index < -0.39 is 0 Å². The van der Waals surface area contributed by atoms with E-state index in [4.69, 9.17) is 5.73 Å². The first-order chi connectivity index (χ1) is 7.69. The Hall–Kier alpha value is -0.310. The van der Waals surface area contributed by atoms with Gasteiger partial charge in [-0.05, 0) is 40.0 Å². The van der Waals surface area contributed by atoms with Gasteiger partial charge >= 0.3 is 0 Å². The van der Waals surface area contributed by atoms with Gasteiger partial charge in [0.2, 0.25) is 0 Å². The molecule has 0 saturated heterocycles. The van der Waals surface area contributed by atoms with Crippen molar-refractivity contribution < 1.29 is 0 Å². The Kier molecular flexibility index (Phi) is 4.06. The van der Waals surface area contributed by atoms with Gasteiger partial charge in [-0.2, -0.15) is 0 Å². The number of rotatable bonds is 3. The molecule has 0 aliphatic carbocycles. The van der Waals surface area contributed by atoms with Crippen LogP contribution >= 0.6 is 50.8 Å². The average molecular weight is 335 g/mol. The Balaban J connectivity index is 2.20. The number of anilines is 1. The van der Waals surface area contributed by atoms with Crippen LogP contribution in [0.25, 0.3) is 0 Å². The van der Waals surface area contributed by atoms with Crippen molar-refractivity contribution in [2.45, 2.75) is 13.7 Å². The smallest absolute Gasteiger partial charge is 0.181 e. The van der Waals surface area contributed by atoms with Crippen molar-refractivity contribution >= 4 is 56.5 Å². The molecule has 2 rings (SSSR count). The van der Waals surface area contributed by atoms with E-state index in [0.29, 0.717) is 5.69 Å². The third-order valence-electron chi connectivity index (χ3n) is 1.59. The fourth-order valence-electron chi connectivity index (χ4n) is 0.931. The summed E-state index contributed by atoms with van der Waals surface area (Å²) in [7, 11) is 0. The van der Waals surface area contributed by atoms with E-state index >= 15 is 0 Å². The summed E-state index contributed by atoms with van der Waals surface area (Å²) in [5, 5.41) is 8.82. The molecule has 2 aromatic heterocycles. The Morgan fingerprint density at radius 1 is 1.38 bits per heavy atom. The second-order valence-corrected chi connectivity index (χ2v) is 6.87. The quantitative estimate of drug-likeness (QED) is 0.870. The van der Waals surface area contributed by atoms with Gasteiger partial charge in [0.15, 0.2) is 8.68 Å². The maximum Gasteiger partial charge on any atom is 0.181 e. The molecule has 0 aromatic carbocycles. The third-order valence-corrected chi connectivity index (χ3v) is 5.01. The zero-order valence-electron chi connectivity index (χ0n) is 8.18. The number of thioether (sulfide) groups is 1. The highest BCUT2D eigenvalue weighted by molar-refractivity contribution is 9.10. The molecule has 4 nitrogen and oxygen atoms in total. The Morgan fingerprint density at radius 3 is 2.75 bits per heavy atom. The van der Waals surface area contributed by atoms with Crippen molar-refractivity contribution in [1.82, 2.24) is 15.2 Å². The first-order valence-corrected chi connectivity index (χ1v) is 7.80. The van der Waals surface area contributed by atoms with Crippen LogP contribution in [-0.2, 0) is 0 Å². The van der Waals surface area contributed by atoms with Gasteiger partial charge in [0.1, 0.15) is 5.03 Å². The monoisotopic (exact) mass is 334 g/mol. The van der Waals surface area contributed by atoms with Gasteiger partial charge in [0.25, 0.3) is 0 Å². The molecule has 0 aliphatic rings. The molecule has 8 heteroatoms. The lowest BCUT2D eigenvalue weighted by Crippen LogP contribution is -1.91. The molecule has 84 valence electrons. The second-order valence-electron chi connectivity index (χ2n) is 2.69. The largest absolute Gasteiger partial charge is 0.396 e. The molecule has 0 fully saturated rings. The van der Waals surface area contributed by atoms with Crippen LogP contribution < -0.4 is 5.73 Å². The number of nitrogen functional groups attached to an aromatic ring is 1. The average Bonchev–Trinajstić information content (AvgIpc) is 2.70. The van der Waals surface area contributed by atoms with Crippen LogP contribution in [0.4, 0.5) is 5.69 Å². The minimum atomic E-state index is 0.639. The van der Waals surface area contributed by atoms with E-state index in [1.807, 2.05) is 12.3 Å². The molecule has 0 spiro atoms. The zero-order valence-corrected chi connectivity index (χ0v) is 12.2. The molecule has 16 heavy (non-hydrogen) atoms. The molecule has 2 heterocycles. The summed E-state index contributed by atoms with van der Waals surface area (Å²) in [6.45, 7) is 0. The lowest BCUT2D eigenvalue weighted by Gasteiger charge is -2.01. The van der Waals surface area contributed by atoms with Crippen LogP contribution in [0, 0.1) is 0 Å². The number of hydrogen-bond acceptors (Lipinski definition) is 7. The summed E-state index contributed by atoms with van der Waals surface area (Å²) in [4.78, 5) is 4.23. The zero-order chi connectivity index (χ0) is 11.5. The molecule has 0 saturated carbocycles. The minimum absolute atomic E-state index is 0.639. The summed E-state index contributed by atoms with van der Waals surface area (Å²) in [5.74, 6) is 0. The normalized spacial score (nSPS) is 10.6. The maximum atomic E-state index is 5.85. The Bertz CT molecular complexity index is 502. The van der Waals surface area contributed by atoms with Crippen LogP contribution in [-0.4, -0.2) is 21.4 Å². The number of nitrogens with zero attached hydrogens (tertiary/aromatic N) is 3. The minimum Gasteiger partial charge on any atom is -0.396 e. The lowest BCUT2D eigenvalue weighted by molar-refractivity contribution is 0.953. The number of halogens is 1. The summed E-state index contributed by atoms with van der Waals surface area (Å²) in [6, 6.07) is 1.83. The van der Waals surface area contributed by atoms with Gasteiger partial charge in [-0.15, -0.1) is 10.2 Å². The lowest BCUT2D eigenvalue weighted by atomic mass is 10.4. The molecule has 0 unspecified atom stereocenters. The third kappa shape index (κ3) is 2.88. The number of nitrogens with two attached hydrogens (primary N) is 1. The Labute approximate surface area is 114 Å². The summed E-state index contributed by atoms with van der Waals surface area (Å²) in [5.41, 5.74) is 6.49. The summed E-state index contributed by atoms with van der Waals surface area (Å²) in [6.07, 6.45) is 3.69. The van der Waals surface area contributed by atoms with E-state index in [9.17, 15) is 0 Å². The molecule has 2 N–H and O–H groups in total. The number of aromatic nitrogens is 3. The van der Waals surface area contributed by atoms with Gasteiger partial charge in [-0.3, -0.25) is 0 Å². The van der Waals surface area contributed by atoms with Crippen LogP contribution in [0.3, 0.4) is 0 Å². The van der Waals surface area contributed by atoms with Gasteiger partial charge in [0.05, 0.1) is 5.69 Å². The van der Waals surface area contributed by atoms with E-state index in [0.717, 1.165) is 18.2 Å². The highest BCUT2D eigenvalue weighted by atomic mass is 79.9. The van der Waals surface area contributed by atoms with E-state index in [-0.39, 0.29) is 0 Å². The molecule has 2 aromatic rings. The highest BCUT2D eigenvalue weighted by Crippen LogP contribution is 2.34. The fraction of sp³-hybridized carbons (Fsp3) is 0.125. The molecular weight excluding hydrogens is 328 g/mol. The predicted molar refractivity (Wildman–Crippen MR) is 72.2 cm³/mol. The van der Waals surface area contributed by atoms with Crippen LogP contribution in [0.1, 0.15) is 0 Å². The van der Waals surface area contributed by atoms with Crippen molar-refractivity contribution in [3.63, 3.8) is 0 Å². The summed E-state index contributed by atoms with van der Waals surface area (Å²) >= 11 is 7.87. The molecule has 0 aliphatic heterocycles. The Morgan fingerprint density at radius 2 is 2.12 bits per heavy atom. The van der Waals surface area contributed by atoms with E-state index in [1.165, 1.54) is 23.1 Å². The SMILES string of the molecule is CSc1nnc(Sc2ncc(Br)cc2N)s1. The fourth-order valence-corrected chi connectivity index (χ4v) is 3.61.